The van der Waals surface area contributed by atoms with Crippen molar-refractivity contribution in [1.82, 2.24) is 9.78 Å². The monoisotopic (exact) mass is 233 g/mol. The molecule has 0 spiro atoms. The van der Waals surface area contributed by atoms with Crippen molar-refractivity contribution >= 4 is 5.69 Å². The quantitative estimate of drug-likeness (QED) is 0.819. The van der Waals surface area contributed by atoms with Gasteiger partial charge in [-0.3, -0.25) is 4.68 Å². The van der Waals surface area contributed by atoms with Gasteiger partial charge in [0, 0.05) is 18.8 Å². The van der Waals surface area contributed by atoms with Crippen LogP contribution in [-0.2, 0) is 7.05 Å². The average Bonchev–Trinajstić information content (AvgIpc) is 2.75. The number of methoxy groups -OCH3 is 2. The molecule has 0 fully saturated rings. The molecule has 2 rings (SSSR count). The lowest BCUT2D eigenvalue weighted by Gasteiger charge is -2.13. The van der Waals surface area contributed by atoms with Crippen molar-refractivity contribution in [3.8, 4) is 22.6 Å². The van der Waals surface area contributed by atoms with E-state index < -0.39 is 0 Å². The van der Waals surface area contributed by atoms with Crippen LogP contribution in [0.4, 0.5) is 5.69 Å². The van der Waals surface area contributed by atoms with Gasteiger partial charge >= 0.3 is 0 Å². The number of ether oxygens (including phenoxy) is 2. The van der Waals surface area contributed by atoms with Gasteiger partial charge in [-0.15, -0.1) is 0 Å². The number of nitrogens with zero attached hydrogens (tertiary/aromatic N) is 2. The van der Waals surface area contributed by atoms with Gasteiger partial charge in [0.05, 0.1) is 31.7 Å². The molecule has 1 aromatic carbocycles. The van der Waals surface area contributed by atoms with Gasteiger partial charge in [-0.05, 0) is 12.1 Å². The zero-order valence-corrected chi connectivity index (χ0v) is 10.1. The maximum atomic E-state index is 5.89. The van der Waals surface area contributed by atoms with Gasteiger partial charge in [0.2, 0.25) is 0 Å². The summed E-state index contributed by atoms with van der Waals surface area (Å²) in [4.78, 5) is 0. The number of benzene rings is 1. The highest BCUT2D eigenvalue weighted by Gasteiger charge is 2.16. The minimum Gasteiger partial charge on any atom is -0.496 e. The Bertz CT molecular complexity index is 535. The normalized spacial score (nSPS) is 10.3. The third-order valence-corrected chi connectivity index (χ3v) is 2.57. The summed E-state index contributed by atoms with van der Waals surface area (Å²) in [5.74, 6) is 1.32. The van der Waals surface area contributed by atoms with Gasteiger partial charge in [0.1, 0.15) is 5.75 Å². The average molecular weight is 233 g/mol. The standard InChI is InChI=1S/C12H15N3O2/c1-15-7-8(6-14-15)11-10(16-2)5-4-9(13)12(11)17-3/h4-7H,13H2,1-3H3. The molecular formula is C12H15N3O2. The van der Waals surface area contributed by atoms with Gasteiger partial charge in [0.15, 0.2) is 5.75 Å². The van der Waals surface area contributed by atoms with Crippen molar-refractivity contribution in [3.05, 3.63) is 24.5 Å². The van der Waals surface area contributed by atoms with Crippen LogP contribution in [0.15, 0.2) is 24.5 Å². The number of aromatic nitrogens is 2. The number of nitrogens with two attached hydrogens (primary N) is 1. The smallest absolute Gasteiger partial charge is 0.153 e. The lowest BCUT2D eigenvalue weighted by Crippen LogP contribution is -1.97. The minimum atomic E-state index is 0.576. The second-order valence-electron chi connectivity index (χ2n) is 3.67. The van der Waals surface area contributed by atoms with Gasteiger partial charge in [-0.2, -0.15) is 5.10 Å². The molecule has 0 aliphatic rings. The molecule has 0 amide bonds. The first-order chi connectivity index (χ1) is 8.17. The van der Waals surface area contributed by atoms with Crippen LogP contribution in [0.5, 0.6) is 11.5 Å². The summed E-state index contributed by atoms with van der Waals surface area (Å²) in [6, 6.07) is 3.58. The van der Waals surface area contributed by atoms with Gasteiger partial charge in [-0.25, -0.2) is 0 Å². The summed E-state index contributed by atoms with van der Waals surface area (Å²) >= 11 is 0. The molecule has 0 saturated heterocycles. The number of hydrogen-bond donors (Lipinski definition) is 1. The first-order valence-corrected chi connectivity index (χ1v) is 5.17. The van der Waals surface area contributed by atoms with Crippen LogP contribution >= 0.6 is 0 Å². The van der Waals surface area contributed by atoms with Crippen molar-refractivity contribution in [2.75, 3.05) is 20.0 Å². The van der Waals surface area contributed by atoms with Gasteiger partial charge in [0.25, 0.3) is 0 Å². The number of rotatable bonds is 3. The van der Waals surface area contributed by atoms with E-state index >= 15 is 0 Å². The highest BCUT2D eigenvalue weighted by Crippen LogP contribution is 2.41. The molecule has 17 heavy (non-hydrogen) atoms. The first kappa shape index (κ1) is 11.3. The number of anilines is 1. The SMILES string of the molecule is COc1ccc(N)c(OC)c1-c1cnn(C)c1. The highest BCUT2D eigenvalue weighted by atomic mass is 16.5. The lowest BCUT2D eigenvalue weighted by molar-refractivity contribution is 0.399. The summed E-state index contributed by atoms with van der Waals surface area (Å²) in [7, 11) is 5.06. The van der Waals surface area contributed by atoms with Crippen LogP contribution in [-0.4, -0.2) is 24.0 Å². The summed E-state index contributed by atoms with van der Waals surface area (Å²) in [5.41, 5.74) is 8.20. The molecule has 0 unspecified atom stereocenters. The Morgan fingerprint density at radius 3 is 2.53 bits per heavy atom. The van der Waals surface area contributed by atoms with Crippen molar-refractivity contribution < 1.29 is 9.47 Å². The van der Waals surface area contributed by atoms with E-state index in [0.29, 0.717) is 17.2 Å². The maximum Gasteiger partial charge on any atom is 0.153 e. The fourth-order valence-corrected chi connectivity index (χ4v) is 1.79. The molecule has 5 heteroatoms. The van der Waals surface area contributed by atoms with Gasteiger partial charge in [-0.1, -0.05) is 0 Å². The van der Waals surface area contributed by atoms with Crippen molar-refractivity contribution in [2.45, 2.75) is 0 Å². The van der Waals surface area contributed by atoms with Crippen molar-refractivity contribution in [2.24, 2.45) is 7.05 Å². The lowest BCUT2D eigenvalue weighted by atomic mass is 10.1. The minimum absolute atomic E-state index is 0.576. The Kier molecular flexibility index (Phi) is 2.91. The van der Waals surface area contributed by atoms with Crippen LogP contribution in [0.1, 0.15) is 0 Å². The topological polar surface area (TPSA) is 62.3 Å². The fraction of sp³-hybridized carbons (Fsp3) is 0.250. The molecule has 0 aliphatic heterocycles. The molecule has 1 aromatic heterocycles. The zero-order chi connectivity index (χ0) is 12.4. The van der Waals surface area contributed by atoms with E-state index in [9.17, 15) is 0 Å². The van der Waals surface area contributed by atoms with Crippen LogP contribution < -0.4 is 15.2 Å². The van der Waals surface area contributed by atoms with Crippen molar-refractivity contribution in [3.63, 3.8) is 0 Å². The molecule has 90 valence electrons. The predicted molar refractivity (Wildman–Crippen MR) is 66.2 cm³/mol. The molecule has 0 radical (unpaired) electrons. The van der Waals surface area contributed by atoms with E-state index in [1.807, 2.05) is 19.3 Å². The van der Waals surface area contributed by atoms with E-state index in [0.717, 1.165) is 11.1 Å². The molecule has 0 bridgehead atoms. The van der Waals surface area contributed by atoms with E-state index in [1.165, 1.54) is 0 Å². The van der Waals surface area contributed by atoms with Gasteiger partial charge < -0.3 is 15.2 Å². The van der Waals surface area contributed by atoms with E-state index in [2.05, 4.69) is 5.10 Å². The number of aryl methyl sites for hydroxylation is 1. The number of nitrogen functional groups attached to an aromatic ring is 1. The third-order valence-electron chi connectivity index (χ3n) is 2.57. The molecule has 0 aliphatic carbocycles. The second kappa shape index (κ2) is 4.37. The molecule has 2 aromatic rings. The Labute approximate surface area is 99.8 Å². The summed E-state index contributed by atoms with van der Waals surface area (Å²) in [6.45, 7) is 0. The third kappa shape index (κ3) is 1.91. The molecule has 5 nitrogen and oxygen atoms in total. The molecular weight excluding hydrogens is 218 g/mol. The van der Waals surface area contributed by atoms with Crippen LogP contribution in [0, 0.1) is 0 Å². The predicted octanol–water partition coefficient (Wildman–Crippen LogP) is 1.69. The highest BCUT2D eigenvalue weighted by molar-refractivity contribution is 5.82. The van der Waals surface area contributed by atoms with E-state index in [4.69, 9.17) is 15.2 Å². The fourth-order valence-electron chi connectivity index (χ4n) is 1.79. The Morgan fingerprint density at radius 1 is 1.24 bits per heavy atom. The Hall–Kier alpha value is -2.17. The van der Waals surface area contributed by atoms with Crippen LogP contribution in [0.25, 0.3) is 11.1 Å². The van der Waals surface area contributed by atoms with Crippen LogP contribution in [0.2, 0.25) is 0 Å². The molecule has 1 heterocycles. The molecule has 2 N–H and O–H groups in total. The Balaban J connectivity index is 2.68. The largest absolute Gasteiger partial charge is 0.496 e. The van der Waals surface area contributed by atoms with Crippen LogP contribution in [0.3, 0.4) is 0 Å². The summed E-state index contributed by atoms with van der Waals surface area (Å²) in [5, 5.41) is 4.14. The van der Waals surface area contributed by atoms with Crippen molar-refractivity contribution in [1.29, 1.82) is 0 Å². The Morgan fingerprint density at radius 2 is 2.00 bits per heavy atom. The van der Waals surface area contributed by atoms with E-state index in [1.54, 1.807) is 31.2 Å². The molecule has 0 saturated carbocycles. The first-order valence-electron chi connectivity index (χ1n) is 5.17. The zero-order valence-electron chi connectivity index (χ0n) is 10.1. The molecule has 0 atom stereocenters. The second-order valence-corrected chi connectivity index (χ2v) is 3.67. The summed E-state index contributed by atoms with van der Waals surface area (Å²) in [6.07, 6.45) is 3.64. The maximum absolute atomic E-state index is 5.89. The summed E-state index contributed by atoms with van der Waals surface area (Å²) < 4.78 is 12.4. The van der Waals surface area contributed by atoms with E-state index in [-0.39, 0.29) is 0 Å². The number of hydrogen-bond acceptors (Lipinski definition) is 4.